The highest BCUT2D eigenvalue weighted by Crippen LogP contribution is 2.31. The first kappa shape index (κ1) is 24.7. The number of carbonyl (C=O) groups excluding carboxylic acids is 1. The lowest BCUT2D eigenvalue weighted by Gasteiger charge is -2.15. The highest BCUT2D eigenvalue weighted by molar-refractivity contribution is 14.1. The fourth-order valence-corrected chi connectivity index (χ4v) is 5.07. The van der Waals surface area contributed by atoms with E-state index in [0.717, 1.165) is 18.5 Å². The van der Waals surface area contributed by atoms with E-state index in [1.807, 2.05) is 22.6 Å². The summed E-state index contributed by atoms with van der Waals surface area (Å²) in [5.41, 5.74) is 6.22. The lowest BCUT2D eigenvalue weighted by molar-refractivity contribution is 0.0997. The van der Waals surface area contributed by atoms with E-state index in [0.29, 0.717) is 9.13 Å². The molecule has 0 aliphatic rings. The fraction of sp³-hybridized carbons (Fsp3) is 0.0870. The summed E-state index contributed by atoms with van der Waals surface area (Å²) < 4.78 is 60.3. The number of nitrogens with zero attached hydrogens (tertiary/aromatic N) is 2. The van der Waals surface area contributed by atoms with E-state index >= 15 is 0 Å². The van der Waals surface area contributed by atoms with Gasteiger partial charge in [-0.25, -0.2) is 22.2 Å². The van der Waals surface area contributed by atoms with Crippen LogP contribution in [-0.2, 0) is 22.0 Å². The number of ether oxygens (including phenoxy) is 1. The summed E-state index contributed by atoms with van der Waals surface area (Å²) in [6.07, 6.45) is 0.992. The monoisotopic (exact) mass is 610 g/mol. The summed E-state index contributed by atoms with van der Waals surface area (Å²) in [5, 5.41) is 5.57. The Morgan fingerprint density at radius 1 is 1.09 bits per heavy atom. The van der Waals surface area contributed by atoms with Crippen LogP contribution in [0, 0.1) is 15.2 Å². The minimum atomic E-state index is -3.79. The first-order valence-corrected chi connectivity index (χ1v) is 12.8. The van der Waals surface area contributed by atoms with Crippen molar-refractivity contribution in [2.24, 2.45) is 5.73 Å². The van der Waals surface area contributed by atoms with Gasteiger partial charge < -0.3 is 10.5 Å². The van der Waals surface area contributed by atoms with Gasteiger partial charge in [-0.05, 0) is 69.6 Å². The molecule has 3 N–H and O–H groups in total. The topological polar surface area (TPSA) is 128 Å². The van der Waals surface area contributed by atoms with E-state index in [9.17, 15) is 22.0 Å². The van der Waals surface area contributed by atoms with E-state index < -0.39 is 33.1 Å². The van der Waals surface area contributed by atoms with Crippen molar-refractivity contribution in [3.05, 3.63) is 98.4 Å². The molecular weight excluding hydrogens is 593 g/mol. The number of aromatic amines is 1. The predicted octanol–water partition coefficient (Wildman–Crippen LogP) is 4.14. The van der Waals surface area contributed by atoms with Crippen LogP contribution in [0.15, 0.2) is 66.1 Å². The number of nitrogens with one attached hydrogen (secondary N) is 1. The smallest absolute Gasteiger partial charge is 0.252 e. The Morgan fingerprint density at radius 2 is 1.89 bits per heavy atom. The number of nitrogens with two attached hydrogens (primary N) is 1. The van der Waals surface area contributed by atoms with Gasteiger partial charge in [0.05, 0.1) is 11.3 Å². The van der Waals surface area contributed by atoms with Crippen LogP contribution in [0.1, 0.15) is 27.0 Å². The number of rotatable bonds is 8. The molecule has 1 heterocycles. The fourth-order valence-electron chi connectivity index (χ4n) is 3.46. The van der Waals surface area contributed by atoms with Crippen LogP contribution in [0.5, 0.6) is 11.5 Å². The quantitative estimate of drug-likeness (QED) is 0.289. The molecule has 12 heteroatoms. The minimum Gasteiger partial charge on any atom is -0.456 e. The number of H-pyrrole nitrogens is 1. The number of benzene rings is 3. The van der Waals surface area contributed by atoms with Crippen LogP contribution in [0.4, 0.5) is 8.78 Å². The standard InChI is InChI=1S/C23H17F2IN4O4S/c24-16-8-15(7-14-4-5-17(26)10-19(14)25)21(22(27)31)20(9-16)34-18-3-1-2-13(6-18)11-35(32,33)23-28-12-29-30-23/h1-6,8-10,12H,7,11H2,(H2,27,31)(H,28,29,30). The van der Waals surface area contributed by atoms with Gasteiger partial charge in [-0.3, -0.25) is 9.89 Å². The van der Waals surface area contributed by atoms with Crippen LogP contribution < -0.4 is 10.5 Å². The number of sulfone groups is 1. The molecule has 180 valence electrons. The van der Waals surface area contributed by atoms with E-state index in [4.69, 9.17) is 10.5 Å². The van der Waals surface area contributed by atoms with Crippen LogP contribution in [0.2, 0.25) is 0 Å². The van der Waals surface area contributed by atoms with Gasteiger partial charge >= 0.3 is 0 Å². The molecule has 0 fully saturated rings. The molecule has 1 aromatic heterocycles. The van der Waals surface area contributed by atoms with Crippen molar-refractivity contribution >= 4 is 38.3 Å². The number of amides is 1. The van der Waals surface area contributed by atoms with Gasteiger partial charge in [-0.15, -0.1) is 0 Å². The Kier molecular flexibility index (Phi) is 7.12. The summed E-state index contributed by atoms with van der Waals surface area (Å²) in [7, 11) is -3.79. The van der Waals surface area contributed by atoms with Crippen molar-refractivity contribution in [2.45, 2.75) is 17.3 Å². The third-order valence-electron chi connectivity index (χ3n) is 4.96. The highest BCUT2D eigenvalue weighted by Gasteiger charge is 2.21. The number of halogens is 3. The molecule has 0 saturated carbocycles. The summed E-state index contributed by atoms with van der Waals surface area (Å²) >= 11 is 1.97. The van der Waals surface area contributed by atoms with Crippen molar-refractivity contribution < 1.29 is 26.7 Å². The van der Waals surface area contributed by atoms with E-state index in [1.165, 1.54) is 18.2 Å². The van der Waals surface area contributed by atoms with E-state index in [1.54, 1.807) is 24.3 Å². The molecule has 4 aromatic rings. The van der Waals surface area contributed by atoms with Crippen molar-refractivity contribution in [1.29, 1.82) is 0 Å². The van der Waals surface area contributed by atoms with E-state index in [-0.39, 0.29) is 39.8 Å². The maximum absolute atomic E-state index is 14.5. The zero-order valence-corrected chi connectivity index (χ0v) is 20.8. The zero-order chi connectivity index (χ0) is 25.2. The second kappa shape index (κ2) is 10.1. The van der Waals surface area contributed by atoms with Crippen LogP contribution in [0.3, 0.4) is 0 Å². The highest BCUT2D eigenvalue weighted by atomic mass is 127. The average molecular weight is 610 g/mol. The van der Waals surface area contributed by atoms with Gasteiger partial charge in [0.25, 0.3) is 5.91 Å². The number of hydrogen-bond donors (Lipinski definition) is 2. The number of primary amides is 1. The SMILES string of the molecule is NC(=O)c1c(Cc2ccc(I)cc2F)cc(F)cc1Oc1cccc(CS(=O)(=O)c2ncn[nH]2)c1. The van der Waals surface area contributed by atoms with Crippen molar-refractivity contribution in [1.82, 2.24) is 15.2 Å². The number of aromatic nitrogens is 3. The molecule has 35 heavy (non-hydrogen) atoms. The first-order chi connectivity index (χ1) is 16.6. The van der Waals surface area contributed by atoms with Crippen molar-refractivity contribution in [3.8, 4) is 11.5 Å². The van der Waals surface area contributed by atoms with Crippen LogP contribution in [-0.4, -0.2) is 29.5 Å². The Balaban J connectivity index is 1.66. The summed E-state index contributed by atoms with van der Waals surface area (Å²) in [6.45, 7) is 0. The zero-order valence-electron chi connectivity index (χ0n) is 17.8. The van der Waals surface area contributed by atoms with Crippen LogP contribution in [0.25, 0.3) is 0 Å². The Hall–Kier alpha value is -3.39. The predicted molar refractivity (Wildman–Crippen MR) is 131 cm³/mol. The average Bonchev–Trinajstić information content (AvgIpc) is 3.31. The Bertz CT molecular complexity index is 1510. The molecule has 4 rings (SSSR count). The maximum Gasteiger partial charge on any atom is 0.252 e. The summed E-state index contributed by atoms with van der Waals surface area (Å²) in [6, 6.07) is 12.7. The summed E-state index contributed by atoms with van der Waals surface area (Å²) in [4.78, 5) is 16.0. The molecule has 0 unspecified atom stereocenters. The molecular formula is C23H17F2IN4O4S. The molecule has 0 atom stereocenters. The molecule has 0 radical (unpaired) electrons. The third kappa shape index (κ3) is 5.82. The second-order valence-electron chi connectivity index (χ2n) is 7.51. The lowest BCUT2D eigenvalue weighted by atomic mass is 9.98. The molecule has 0 aliphatic heterocycles. The van der Waals surface area contributed by atoms with Crippen molar-refractivity contribution in [2.75, 3.05) is 0 Å². The number of hydrogen-bond acceptors (Lipinski definition) is 6. The lowest BCUT2D eigenvalue weighted by Crippen LogP contribution is -2.16. The number of carbonyl (C=O) groups is 1. The molecule has 0 saturated heterocycles. The minimum absolute atomic E-state index is 0.0926. The molecule has 0 bridgehead atoms. The van der Waals surface area contributed by atoms with Gasteiger partial charge in [0, 0.05) is 16.1 Å². The molecule has 1 amide bonds. The molecule has 0 aliphatic carbocycles. The van der Waals surface area contributed by atoms with Gasteiger partial charge in [-0.2, -0.15) is 5.10 Å². The first-order valence-electron chi connectivity index (χ1n) is 10.0. The molecule has 0 spiro atoms. The maximum atomic E-state index is 14.5. The normalized spacial score (nSPS) is 11.4. The van der Waals surface area contributed by atoms with Crippen molar-refractivity contribution in [3.63, 3.8) is 0 Å². The van der Waals surface area contributed by atoms with Crippen LogP contribution >= 0.6 is 22.6 Å². The van der Waals surface area contributed by atoms with Gasteiger partial charge in [0.15, 0.2) is 0 Å². The van der Waals surface area contributed by atoms with Gasteiger partial charge in [0.1, 0.15) is 29.5 Å². The summed E-state index contributed by atoms with van der Waals surface area (Å²) in [5.74, 6) is -2.52. The second-order valence-corrected chi connectivity index (χ2v) is 10.7. The largest absolute Gasteiger partial charge is 0.456 e. The molecule has 8 nitrogen and oxygen atoms in total. The Morgan fingerprint density at radius 3 is 2.57 bits per heavy atom. The van der Waals surface area contributed by atoms with Gasteiger partial charge in [-0.1, -0.05) is 18.2 Å². The Labute approximate surface area is 212 Å². The third-order valence-corrected chi connectivity index (χ3v) is 7.13. The van der Waals surface area contributed by atoms with E-state index in [2.05, 4.69) is 15.2 Å². The van der Waals surface area contributed by atoms with Gasteiger partial charge in [0.2, 0.25) is 15.0 Å². The molecule has 3 aromatic carbocycles.